The van der Waals surface area contributed by atoms with Crippen molar-refractivity contribution in [2.24, 2.45) is 10.9 Å². The first-order chi connectivity index (χ1) is 12.7. The lowest BCUT2D eigenvalue weighted by Crippen LogP contribution is -2.41. The Morgan fingerprint density at radius 1 is 1.33 bits per heavy atom. The van der Waals surface area contributed by atoms with Gasteiger partial charge in [-0.3, -0.25) is 0 Å². The molecule has 0 amide bonds. The zero-order valence-corrected chi connectivity index (χ0v) is 18.5. The van der Waals surface area contributed by atoms with Crippen LogP contribution in [0.1, 0.15) is 24.5 Å². The summed E-state index contributed by atoms with van der Waals surface area (Å²) in [6.45, 7) is 7.23. The number of rotatable bonds is 7. The predicted molar refractivity (Wildman–Crippen MR) is 120 cm³/mol. The Morgan fingerprint density at radius 3 is 2.74 bits per heavy atom. The van der Waals surface area contributed by atoms with Gasteiger partial charge in [0.2, 0.25) is 0 Å². The third-order valence-corrected chi connectivity index (χ3v) is 4.61. The maximum absolute atomic E-state index is 5.48. The summed E-state index contributed by atoms with van der Waals surface area (Å²) in [6, 6.07) is 8.64. The summed E-state index contributed by atoms with van der Waals surface area (Å²) in [5.41, 5.74) is 2.48. The first-order valence-corrected chi connectivity index (χ1v) is 9.35. The zero-order valence-electron chi connectivity index (χ0n) is 16.2. The first kappa shape index (κ1) is 21.7. The number of aromatic nitrogens is 2. The average molecular weight is 483 g/mol. The molecule has 1 aliphatic heterocycles. The fourth-order valence-corrected chi connectivity index (χ4v) is 3.18. The molecule has 3 rings (SSSR count). The van der Waals surface area contributed by atoms with E-state index in [2.05, 4.69) is 58.0 Å². The molecule has 27 heavy (non-hydrogen) atoms. The number of halogens is 1. The van der Waals surface area contributed by atoms with Crippen molar-refractivity contribution in [3.8, 4) is 0 Å². The number of imidazole rings is 1. The van der Waals surface area contributed by atoms with Crippen molar-refractivity contribution >= 4 is 29.9 Å². The smallest absolute Gasteiger partial charge is 0.193 e. The summed E-state index contributed by atoms with van der Waals surface area (Å²) < 4.78 is 7.55. The van der Waals surface area contributed by atoms with Gasteiger partial charge in [0.15, 0.2) is 5.96 Å². The normalized spacial score (nSPS) is 16.8. The molecule has 1 unspecified atom stereocenters. The largest absolute Gasteiger partial charge is 0.381 e. The molecular formula is C20H30IN5O. The number of guanidine groups is 1. The maximum atomic E-state index is 5.48. The van der Waals surface area contributed by atoms with Crippen LogP contribution in [-0.4, -0.2) is 53.8 Å². The van der Waals surface area contributed by atoms with E-state index < -0.39 is 0 Å². The molecule has 0 aliphatic carbocycles. The summed E-state index contributed by atoms with van der Waals surface area (Å²) in [6.07, 6.45) is 6.76. The second kappa shape index (κ2) is 11.3. The molecule has 0 bridgehead atoms. The number of hydrogen-bond acceptors (Lipinski definition) is 3. The highest BCUT2D eigenvalue weighted by Gasteiger charge is 2.18. The topological polar surface area (TPSA) is 54.7 Å². The number of nitrogens with zero attached hydrogens (tertiary/aromatic N) is 4. The average Bonchev–Trinajstić information content (AvgIpc) is 3.34. The fourth-order valence-electron chi connectivity index (χ4n) is 3.18. The Hall–Kier alpha value is -1.61. The van der Waals surface area contributed by atoms with E-state index >= 15 is 0 Å². The van der Waals surface area contributed by atoms with Gasteiger partial charge in [-0.25, -0.2) is 9.98 Å². The van der Waals surface area contributed by atoms with Crippen LogP contribution in [0.5, 0.6) is 0 Å². The molecule has 1 N–H and O–H groups in total. The highest BCUT2D eigenvalue weighted by atomic mass is 127. The molecule has 2 aromatic rings. The lowest BCUT2D eigenvalue weighted by atomic mass is 10.1. The van der Waals surface area contributed by atoms with Crippen LogP contribution in [0.25, 0.3) is 0 Å². The number of benzene rings is 1. The SMILES string of the molecule is CCNC(=NCc1ccc(Cn2ccnc2)cc1)N(C)CC1CCOC1.I. The minimum atomic E-state index is 0. The third-order valence-electron chi connectivity index (χ3n) is 4.61. The quantitative estimate of drug-likeness (QED) is 0.374. The van der Waals surface area contributed by atoms with Crippen LogP contribution in [0.2, 0.25) is 0 Å². The van der Waals surface area contributed by atoms with Crippen molar-refractivity contribution in [1.82, 2.24) is 19.8 Å². The van der Waals surface area contributed by atoms with E-state index in [1.165, 1.54) is 11.1 Å². The van der Waals surface area contributed by atoms with Gasteiger partial charge in [0.1, 0.15) is 0 Å². The molecule has 1 fully saturated rings. The third kappa shape index (κ3) is 6.80. The Balaban J connectivity index is 0.00000261. The minimum Gasteiger partial charge on any atom is -0.381 e. The van der Waals surface area contributed by atoms with Gasteiger partial charge in [-0.1, -0.05) is 24.3 Å². The maximum Gasteiger partial charge on any atom is 0.193 e. The highest BCUT2D eigenvalue weighted by molar-refractivity contribution is 14.0. The van der Waals surface area contributed by atoms with Crippen molar-refractivity contribution in [1.29, 1.82) is 0 Å². The van der Waals surface area contributed by atoms with Gasteiger partial charge >= 0.3 is 0 Å². The number of ether oxygens (including phenoxy) is 1. The van der Waals surface area contributed by atoms with Gasteiger partial charge in [-0.05, 0) is 24.5 Å². The molecule has 148 valence electrons. The monoisotopic (exact) mass is 483 g/mol. The molecule has 0 spiro atoms. The first-order valence-electron chi connectivity index (χ1n) is 9.35. The summed E-state index contributed by atoms with van der Waals surface area (Å²) in [5.74, 6) is 1.56. The molecule has 7 heteroatoms. The summed E-state index contributed by atoms with van der Waals surface area (Å²) in [4.78, 5) is 11.1. The molecule has 1 aliphatic rings. The number of hydrogen-bond donors (Lipinski definition) is 1. The molecule has 0 saturated carbocycles. The van der Waals surface area contributed by atoms with E-state index in [9.17, 15) is 0 Å². The summed E-state index contributed by atoms with van der Waals surface area (Å²) in [5, 5.41) is 3.39. The lowest BCUT2D eigenvalue weighted by molar-refractivity contribution is 0.181. The number of aliphatic imine (C=N–C) groups is 1. The van der Waals surface area contributed by atoms with E-state index in [1.54, 1.807) is 6.20 Å². The van der Waals surface area contributed by atoms with Crippen molar-refractivity contribution in [2.45, 2.75) is 26.4 Å². The molecule has 6 nitrogen and oxygen atoms in total. The van der Waals surface area contributed by atoms with Gasteiger partial charge in [-0.15, -0.1) is 24.0 Å². The van der Waals surface area contributed by atoms with E-state index in [1.807, 2.05) is 12.5 Å². The minimum absolute atomic E-state index is 0. The fraction of sp³-hybridized carbons (Fsp3) is 0.500. The highest BCUT2D eigenvalue weighted by Crippen LogP contribution is 2.13. The van der Waals surface area contributed by atoms with Crippen LogP contribution >= 0.6 is 24.0 Å². The molecular weight excluding hydrogens is 453 g/mol. The molecule has 2 heterocycles. The Morgan fingerprint density at radius 2 is 2.11 bits per heavy atom. The second-order valence-corrected chi connectivity index (χ2v) is 6.83. The van der Waals surface area contributed by atoms with Gasteiger partial charge in [-0.2, -0.15) is 0 Å². The van der Waals surface area contributed by atoms with Crippen molar-refractivity contribution in [3.05, 3.63) is 54.1 Å². The van der Waals surface area contributed by atoms with E-state index in [4.69, 9.17) is 9.73 Å². The molecule has 0 radical (unpaired) electrons. The van der Waals surface area contributed by atoms with Crippen LogP contribution in [0, 0.1) is 5.92 Å². The standard InChI is InChI=1S/C20H29N5O.HI/c1-3-22-20(24(2)13-19-8-11-26-15-19)23-12-17-4-6-18(7-5-17)14-25-10-9-21-16-25;/h4-7,9-10,16,19H,3,8,11-15H2,1-2H3,(H,22,23);1H. The summed E-state index contributed by atoms with van der Waals surface area (Å²) in [7, 11) is 2.11. The van der Waals surface area contributed by atoms with Crippen LogP contribution in [0.4, 0.5) is 0 Å². The van der Waals surface area contributed by atoms with E-state index in [0.717, 1.165) is 45.2 Å². The Bertz CT molecular complexity index is 681. The van der Waals surface area contributed by atoms with Crippen LogP contribution < -0.4 is 5.32 Å². The Kier molecular flexibility index (Phi) is 9.06. The molecule has 1 atom stereocenters. The lowest BCUT2D eigenvalue weighted by Gasteiger charge is -2.24. The predicted octanol–water partition coefficient (Wildman–Crippen LogP) is 2.98. The summed E-state index contributed by atoms with van der Waals surface area (Å²) >= 11 is 0. The van der Waals surface area contributed by atoms with Crippen LogP contribution in [0.3, 0.4) is 0 Å². The zero-order chi connectivity index (χ0) is 18.2. The van der Waals surface area contributed by atoms with Crippen LogP contribution in [-0.2, 0) is 17.8 Å². The van der Waals surface area contributed by atoms with Crippen LogP contribution in [0.15, 0.2) is 48.0 Å². The second-order valence-electron chi connectivity index (χ2n) is 6.83. The van der Waals surface area contributed by atoms with Gasteiger partial charge in [0.25, 0.3) is 0 Å². The van der Waals surface area contributed by atoms with Gasteiger partial charge in [0, 0.05) is 51.6 Å². The molecule has 1 saturated heterocycles. The van der Waals surface area contributed by atoms with E-state index in [-0.39, 0.29) is 24.0 Å². The van der Waals surface area contributed by atoms with E-state index in [0.29, 0.717) is 12.5 Å². The van der Waals surface area contributed by atoms with Gasteiger partial charge in [0.05, 0.1) is 19.5 Å². The van der Waals surface area contributed by atoms with Crippen molar-refractivity contribution < 1.29 is 4.74 Å². The molecule has 1 aromatic carbocycles. The Labute approximate surface area is 179 Å². The van der Waals surface area contributed by atoms with Crippen molar-refractivity contribution in [2.75, 3.05) is 33.4 Å². The van der Waals surface area contributed by atoms with Crippen molar-refractivity contribution in [3.63, 3.8) is 0 Å². The molecule has 1 aromatic heterocycles. The van der Waals surface area contributed by atoms with Gasteiger partial charge < -0.3 is 19.5 Å². The number of nitrogens with one attached hydrogen (secondary N) is 1.